The van der Waals surface area contributed by atoms with Crippen LogP contribution < -0.4 is 10.1 Å². The molecule has 2 heterocycles. The Morgan fingerprint density at radius 3 is 2.80 bits per heavy atom. The number of piperazine rings is 1. The van der Waals surface area contributed by atoms with Gasteiger partial charge in [-0.1, -0.05) is 30.3 Å². The summed E-state index contributed by atoms with van der Waals surface area (Å²) >= 11 is 0. The minimum atomic E-state index is 0.00825. The van der Waals surface area contributed by atoms with E-state index >= 15 is 0 Å². The van der Waals surface area contributed by atoms with E-state index < -0.39 is 0 Å². The standard InChI is InChI=1S/C25H31N3O2/c29-25-23-17-21(10-9-20(23)18-26-25)30-16-4-11-27-12-14-28(15-13-27)24-8-3-6-19-5-1-2-7-22(19)24/h1-2,5,7,9-10,17,24H,3-4,6,8,11-16,18H2,(H,26,29). The van der Waals surface area contributed by atoms with Crippen molar-refractivity contribution in [3.05, 3.63) is 64.7 Å². The molecule has 1 unspecified atom stereocenters. The molecule has 0 saturated carbocycles. The second kappa shape index (κ2) is 8.78. The lowest BCUT2D eigenvalue weighted by molar-refractivity contribution is 0.0848. The highest BCUT2D eigenvalue weighted by atomic mass is 16.5. The fourth-order valence-corrected chi connectivity index (χ4v) is 5.17. The molecule has 30 heavy (non-hydrogen) atoms. The first-order valence-electron chi connectivity index (χ1n) is 11.4. The summed E-state index contributed by atoms with van der Waals surface area (Å²) in [5, 5.41) is 2.85. The van der Waals surface area contributed by atoms with E-state index in [4.69, 9.17) is 4.74 Å². The Labute approximate surface area is 179 Å². The first-order valence-corrected chi connectivity index (χ1v) is 11.4. The largest absolute Gasteiger partial charge is 0.494 e. The maximum absolute atomic E-state index is 11.8. The van der Waals surface area contributed by atoms with Gasteiger partial charge in [-0.15, -0.1) is 0 Å². The zero-order valence-electron chi connectivity index (χ0n) is 17.6. The number of hydrogen-bond donors (Lipinski definition) is 1. The number of aryl methyl sites for hydroxylation is 1. The van der Waals surface area contributed by atoms with Crippen LogP contribution in [0.5, 0.6) is 5.75 Å². The highest BCUT2D eigenvalue weighted by Crippen LogP contribution is 2.34. The van der Waals surface area contributed by atoms with Gasteiger partial charge in [0.2, 0.25) is 0 Å². The first-order chi connectivity index (χ1) is 14.8. The molecular formula is C25H31N3O2. The number of ether oxygens (including phenoxy) is 1. The summed E-state index contributed by atoms with van der Waals surface area (Å²) in [7, 11) is 0. The molecule has 0 bridgehead atoms. The number of nitrogens with zero attached hydrogens (tertiary/aromatic N) is 2. The molecular weight excluding hydrogens is 374 g/mol. The molecule has 1 fully saturated rings. The Morgan fingerprint density at radius 2 is 1.90 bits per heavy atom. The van der Waals surface area contributed by atoms with Crippen molar-refractivity contribution in [1.82, 2.24) is 15.1 Å². The predicted octanol–water partition coefficient (Wildman–Crippen LogP) is 3.39. The van der Waals surface area contributed by atoms with Gasteiger partial charge in [0.25, 0.3) is 5.91 Å². The van der Waals surface area contributed by atoms with Crippen LogP contribution in [0.25, 0.3) is 0 Å². The van der Waals surface area contributed by atoms with Crippen LogP contribution in [-0.4, -0.2) is 55.0 Å². The van der Waals surface area contributed by atoms with E-state index in [1.165, 1.54) is 19.3 Å². The molecule has 1 aliphatic carbocycles. The zero-order chi connectivity index (χ0) is 20.3. The quantitative estimate of drug-likeness (QED) is 0.749. The summed E-state index contributed by atoms with van der Waals surface area (Å²) in [4.78, 5) is 17.0. The smallest absolute Gasteiger partial charge is 0.252 e. The molecule has 5 rings (SSSR count). The van der Waals surface area contributed by atoms with Crippen molar-refractivity contribution < 1.29 is 9.53 Å². The molecule has 2 aliphatic heterocycles. The minimum absolute atomic E-state index is 0.00825. The molecule has 5 heteroatoms. The Morgan fingerprint density at radius 1 is 1.03 bits per heavy atom. The summed E-state index contributed by atoms with van der Waals surface area (Å²) in [5.74, 6) is 0.806. The van der Waals surface area contributed by atoms with Gasteiger partial charge in [-0.2, -0.15) is 0 Å². The molecule has 1 saturated heterocycles. The van der Waals surface area contributed by atoms with Crippen molar-refractivity contribution in [2.24, 2.45) is 0 Å². The van der Waals surface area contributed by atoms with Gasteiger partial charge in [0.05, 0.1) is 6.61 Å². The molecule has 3 aliphatic rings. The molecule has 1 amide bonds. The van der Waals surface area contributed by atoms with Crippen molar-refractivity contribution in [2.75, 3.05) is 39.3 Å². The number of rotatable bonds is 6. The summed E-state index contributed by atoms with van der Waals surface area (Å²) in [6, 6.07) is 15.5. The number of carbonyl (C=O) groups is 1. The highest BCUT2D eigenvalue weighted by molar-refractivity contribution is 5.98. The first kappa shape index (κ1) is 19.6. The molecule has 0 radical (unpaired) electrons. The van der Waals surface area contributed by atoms with Gasteiger partial charge in [-0.3, -0.25) is 9.69 Å². The molecule has 2 aromatic carbocycles. The monoisotopic (exact) mass is 405 g/mol. The molecule has 0 aromatic heterocycles. The van der Waals surface area contributed by atoms with Crippen molar-refractivity contribution in [2.45, 2.75) is 38.3 Å². The second-order valence-corrected chi connectivity index (χ2v) is 8.69. The zero-order valence-corrected chi connectivity index (χ0v) is 17.6. The fourth-order valence-electron chi connectivity index (χ4n) is 5.17. The number of nitrogens with one attached hydrogen (secondary N) is 1. The average Bonchev–Trinajstić information content (AvgIpc) is 3.17. The van der Waals surface area contributed by atoms with E-state index in [2.05, 4.69) is 39.4 Å². The SMILES string of the molecule is O=C1NCc2ccc(OCCCN3CCN(C4CCCc5ccccc54)CC3)cc21. The van der Waals surface area contributed by atoms with Crippen LogP contribution in [-0.2, 0) is 13.0 Å². The Kier molecular flexibility index (Phi) is 5.73. The van der Waals surface area contributed by atoms with E-state index in [-0.39, 0.29) is 5.91 Å². The lowest BCUT2D eigenvalue weighted by atomic mass is 9.86. The number of amides is 1. The Balaban J connectivity index is 1.06. The van der Waals surface area contributed by atoms with Crippen molar-refractivity contribution in [3.63, 3.8) is 0 Å². The van der Waals surface area contributed by atoms with Gasteiger partial charge in [0, 0.05) is 50.9 Å². The van der Waals surface area contributed by atoms with Crippen LogP contribution in [0.15, 0.2) is 42.5 Å². The summed E-state index contributed by atoms with van der Waals surface area (Å²) in [6.45, 7) is 6.97. The van der Waals surface area contributed by atoms with Gasteiger partial charge in [0.15, 0.2) is 0 Å². The topological polar surface area (TPSA) is 44.8 Å². The fraction of sp³-hybridized carbons (Fsp3) is 0.480. The van der Waals surface area contributed by atoms with Gasteiger partial charge in [-0.25, -0.2) is 0 Å². The maximum atomic E-state index is 11.8. The third-order valence-corrected chi connectivity index (χ3v) is 6.84. The van der Waals surface area contributed by atoms with Crippen molar-refractivity contribution in [1.29, 1.82) is 0 Å². The lowest BCUT2D eigenvalue weighted by Gasteiger charge is -2.41. The summed E-state index contributed by atoms with van der Waals surface area (Å²) in [5.41, 5.74) is 4.93. The molecule has 1 N–H and O–H groups in total. The van der Waals surface area contributed by atoms with E-state index in [0.29, 0.717) is 19.2 Å². The lowest BCUT2D eigenvalue weighted by Crippen LogP contribution is -2.48. The number of fused-ring (bicyclic) bond motifs is 2. The third kappa shape index (κ3) is 4.09. The number of carbonyl (C=O) groups excluding carboxylic acids is 1. The number of hydrogen-bond acceptors (Lipinski definition) is 4. The van der Waals surface area contributed by atoms with Crippen LogP contribution in [0.1, 0.15) is 52.4 Å². The summed E-state index contributed by atoms with van der Waals surface area (Å²) < 4.78 is 5.91. The van der Waals surface area contributed by atoms with E-state index in [9.17, 15) is 4.79 Å². The molecule has 2 aromatic rings. The van der Waals surface area contributed by atoms with Crippen LogP contribution in [0.2, 0.25) is 0 Å². The average molecular weight is 406 g/mol. The second-order valence-electron chi connectivity index (χ2n) is 8.69. The van der Waals surface area contributed by atoms with Crippen molar-refractivity contribution in [3.8, 4) is 5.75 Å². The molecule has 1 atom stereocenters. The van der Waals surface area contributed by atoms with Gasteiger partial charge in [0.1, 0.15) is 5.75 Å². The van der Waals surface area contributed by atoms with E-state index in [1.54, 1.807) is 11.1 Å². The predicted molar refractivity (Wildman–Crippen MR) is 118 cm³/mol. The van der Waals surface area contributed by atoms with Crippen LogP contribution in [0, 0.1) is 0 Å². The van der Waals surface area contributed by atoms with Crippen LogP contribution in [0.3, 0.4) is 0 Å². The molecule has 0 spiro atoms. The van der Waals surface area contributed by atoms with Crippen LogP contribution in [0.4, 0.5) is 0 Å². The third-order valence-electron chi connectivity index (χ3n) is 6.84. The van der Waals surface area contributed by atoms with Crippen molar-refractivity contribution >= 4 is 5.91 Å². The van der Waals surface area contributed by atoms with Gasteiger partial charge < -0.3 is 15.0 Å². The van der Waals surface area contributed by atoms with Gasteiger partial charge >= 0.3 is 0 Å². The number of benzene rings is 2. The Hall–Kier alpha value is -2.37. The van der Waals surface area contributed by atoms with E-state index in [0.717, 1.165) is 56.0 Å². The minimum Gasteiger partial charge on any atom is -0.494 e. The Bertz CT molecular complexity index is 905. The molecule has 5 nitrogen and oxygen atoms in total. The van der Waals surface area contributed by atoms with E-state index in [1.807, 2.05) is 18.2 Å². The highest BCUT2D eigenvalue weighted by Gasteiger charge is 2.28. The normalized spacial score (nSPS) is 21.7. The maximum Gasteiger partial charge on any atom is 0.252 e. The summed E-state index contributed by atoms with van der Waals surface area (Å²) in [6.07, 6.45) is 4.85. The molecule has 158 valence electrons. The van der Waals surface area contributed by atoms with Gasteiger partial charge in [-0.05, 0) is 54.5 Å². The van der Waals surface area contributed by atoms with Crippen LogP contribution >= 0.6 is 0 Å².